The molecule has 1 aliphatic heterocycles. The van der Waals surface area contributed by atoms with Gasteiger partial charge in [0.25, 0.3) is 0 Å². The zero-order chi connectivity index (χ0) is 18.1. The third kappa shape index (κ3) is 4.35. The van der Waals surface area contributed by atoms with E-state index < -0.39 is 6.23 Å². The summed E-state index contributed by atoms with van der Waals surface area (Å²) in [7, 11) is 0. The van der Waals surface area contributed by atoms with Gasteiger partial charge in [0.05, 0.1) is 5.70 Å². The van der Waals surface area contributed by atoms with Crippen molar-refractivity contribution in [2.45, 2.75) is 46.4 Å². The molecule has 6 heteroatoms. The van der Waals surface area contributed by atoms with Crippen LogP contribution in [0.1, 0.15) is 38.8 Å². The minimum atomic E-state index is -0.927. The van der Waals surface area contributed by atoms with Crippen molar-refractivity contribution in [3.63, 3.8) is 0 Å². The quantitative estimate of drug-likeness (QED) is 0.738. The van der Waals surface area contributed by atoms with Crippen molar-refractivity contribution in [2.75, 3.05) is 12.3 Å². The summed E-state index contributed by atoms with van der Waals surface area (Å²) in [5, 5.41) is 13.3. The van der Waals surface area contributed by atoms with Gasteiger partial charge in [-0.05, 0) is 52.3 Å². The zero-order valence-corrected chi connectivity index (χ0v) is 14.9. The van der Waals surface area contributed by atoms with E-state index in [0.717, 1.165) is 11.1 Å². The molecule has 0 saturated carbocycles. The molecule has 0 saturated heterocycles. The van der Waals surface area contributed by atoms with E-state index in [1.165, 1.54) is 0 Å². The first-order chi connectivity index (χ1) is 11.1. The molecule has 0 radical (unpaired) electrons. The molecule has 1 aromatic carbocycles. The van der Waals surface area contributed by atoms with E-state index in [-0.39, 0.29) is 18.0 Å². The maximum Gasteiger partial charge on any atom is 0.240 e. The highest BCUT2D eigenvalue weighted by atomic mass is 16.3. The van der Waals surface area contributed by atoms with Crippen LogP contribution in [0.3, 0.4) is 0 Å². The van der Waals surface area contributed by atoms with Gasteiger partial charge >= 0.3 is 0 Å². The van der Waals surface area contributed by atoms with E-state index in [4.69, 9.17) is 5.73 Å². The van der Waals surface area contributed by atoms with Gasteiger partial charge in [-0.1, -0.05) is 12.1 Å². The highest BCUT2D eigenvalue weighted by molar-refractivity contribution is 5.93. The number of hydrogen-bond acceptors (Lipinski definition) is 5. The molecular weight excluding hydrogens is 304 g/mol. The average molecular weight is 330 g/mol. The second kappa shape index (κ2) is 6.65. The summed E-state index contributed by atoms with van der Waals surface area (Å²) < 4.78 is 0. The number of aliphatic imine (C=N–C) groups is 1. The number of nitrogens with one attached hydrogen (secondary N) is 1. The van der Waals surface area contributed by atoms with Crippen molar-refractivity contribution in [2.24, 2.45) is 4.99 Å². The Labute approximate surface area is 143 Å². The number of nitrogens with zero attached hydrogens (tertiary/aromatic N) is 2. The van der Waals surface area contributed by atoms with Gasteiger partial charge < -0.3 is 21.1 Å². The number of rotatable bonds is 3. The first-order valence-corrected chi connectivity index (χ1v) is 7.96. The Morgan fingerprint density at radius 2 is 2.04 bits per heavy atom. The molecule has 130 valence electrons. The molecule has 24 heavy (non-hydrogen) atoms. The molecule has 1 aromatic rings. The molecule has 1 atom stereocenters. The lowest BCUT2D eigenvalue weighted by atomic mass is 10.1. The number of anilines is 1. The number of benzene rings is 1. The number of nitrogens with two attached hydrogens (primary N) is 1. The Hall–Kier alpha value is -2.34. The topological polar surface area (TPSA) is 91.0 Å². The largest absolute Gasteiger partial charge is 0.398 e. The Morgan fingerprint density at radius 3 is 2.58 bits per heavy atom. The number of aliphatic hydroxyl groups is 1. The van der Waals surface area contributed by atoms with Gasteiger partial charge in [-0.15, -0.1) is 0 Å². The smallest absolute Gasteiger partial charge is 0.240 e. The molecule has 1 amide bonds. The number of aliphatic hydroxyl groups excluding tert-OH is 1. The molecule has 0 fully saturated rings. The molecule has 0 spiro atoms. The number of hydrogen-bond donors (Lipinski definition) is 3. The van der Waals surface area contributed by atoms with E-state index in [1.54, 1.807) is 17.9 Å². The number of amidine groups is 1. The summed E-state index contributed by atoms with van der Waals surface area (Å²) >= 11 is 0. The molecular formula is C18H26N4O2. The Bertz CT molecular complexity index is 701. The van der Waals surface area contributed by atoms with Crippen LogP contribution in [0.4, 0.5) is 5.69 Å². The van der Waals surface area contributed by atoms with Crippen LogP contribution in [0, 0.1) is 6.92 Å². The standard InChI is InChI=1S/C18H26N4O2/c1-11-6-7-13(14(19)8-11)15-9-17(24)22(12(2)20-15)10-16(23)21-18(3,4)5/h6-9,17,24H,10,19H2,1-5H3,(H,21,23). The number of carbonyl (C=O) groups excluding carboxylic acids is 1. The van der Waals surface area contributed by atoms with Gasteiger partial charge in [0.15, 0.2) is 0 Å². The number of aryl methyl sites for hydroxylation is 1. The molecule has 0 bridgehead atoms. The second-order valence-electron chi connectivity index (χ2n) is 7.14. The number of nitrogen functional groups attached to an aromatic ring is 1. The van der Waals surface area contributed by atoms with Gasteiger partial charge in [0.2, 0.25) is 5.91 Å². The molecule has 1 aliphatic rings. The van der Waals surface area contributed by atoms with E-state index in [2.05, 4.69) is 10.3 Å². The van der Waals surface area contributed by atoms with Crippen molar-refractivity contribution < 1.29 is 9.90 Å². The van der Waals surface area contributed by atoms with Crippen molar-refractivity contribution in [1.29, 1.82) is 0 Å². The first-order valence-electron chi connectivity index (χ1n) is 7.96. The van der Waals surface area contributed by atoms with Crippen LogP contribution in [0.5, 0.6) is 0 Å². The molecule has 1 unspecified atom stereocenters. The monoisotopic (exact) mass is 330 g/mol. The van der Waals surface area contributed by atoms with Crippen LogP contribution in [0.15, 0.2) is 29.3 Å². The second-order valence-corrected chi connectivity index (χ2v) is 7.14. The van der Waals surface area contributed by atoms with E-state index in [0.29, 0.717) is 17.2 Å². The third-order valence-corrected chi connectivity index (χ3v) is 3.64. The highest BCUT2D eigenvalue weighted by Gasteiger charge is 2.25. The Balaban J connectivity index is 2.18. The summed E-state index contributed by atoms with van der Waals surface area (Å²) in [5.74, 6) is 0.409. The van der Waals surface area contributed by atoms with E-state index in [1.807, 2.05) is 45.9 Å². The predicted octanol–water partition coefficient (Wildman–Crippen LogP) is 1.89. The lowest BCUT2D eigenvalue weighted by Crippen LogP contribution is -2.50. The molecule has 0 aliphatic carbocycles. The molecule has 4 N–H and O–H groups in total. The van der Waals surface area contributed by atoms with Crippen LogP contribution in [0.25, 0.3) is 5.70 Å². The van der Waals surface area contributed by atoms with Crippen LogP contribution in [-0.2, 0) is 4.79 Å². The van der Waals surface area contributed by atoms with Gasteiger partial charge in [-0.25, -0.2) is 4.99 Å². The van der Waals surface area contributed by atoms with E-state index >= 15 is 0 Å². The normalized spacial score (nSPS) is 18.1. The van der Waals surface area contributed by atoms with Crippen molar-refractivity contribution >= 4 is 23.1 Å². The fourth-order valence-electron chi connectivity index (χ4n) is 2.58. The van der Waals surface area contributed by atoms with Crippen molar-refractivity contribution in [1.82, 2.24) is 10.2 Å². The Morgan fingerprint density at radius 1 is 1.38 bits per heavy atom. The lowest BCUT2D eigenvalue weighted by Gasteiger charge is -2.32. The summed E-state index contributed by atoms with van der Waals surface area (Å²) in [6, 6.07) is 5.71. The summed E-state index contributed by atoms with van der Waals surface area (Å²) in [5.41, 5.74) is 8.81. The van der Waals surface area contributed by atoms with E-state index in [9.17, 15) is 9.90 Å². The van der Waals surface area contributed by atoms with Gasteiger partial charge in [-0.3, -0.25) is 4.79 Å². The summed E-state index contributed by atoms with van der Waals surface area (Å²) in [6.07, 6.45) is 0.683. The fourth-order valence-corrected chi connectivity index (χ4v) is 2.58. The maximum atomic E-state index is 12.1. The third-order valence-electron chi connectivity index (χ3n) is 3.64. The average Bonchev–Trinajstić information content (AvgIpc) is 2.40. The minimum Gasteiger partial charge on any atom is -0.398 e. The minimum absolute atomic E-state index is 0.0426. The van der Waals surface area contributed by atoms with Crippen LogP contribution >= 0.6 is 0 Å². The van der Waals surface area contributed by atoms with Crippen LogP contribution < -0.4 is 11.1 Å². The fraction of sp³-hybridized carbons (Fsp3) is 0.444. The SMILES string of the molecule is CC1=NC(c2ccc(C)cc2N)=CC(O)N1CC(=O)NC(C)(C)C. The molecule has 2 rings (SSSR count). The van der Waals surface area contributed by atoms with Crippen LogP contribution in [0.2, 0.25) is 0 Å². The maximum absolute atomic E-state index is 12.1. The number of amides is 1. The zero-order valence-electron chi connectivity index (χ0n) is 14.9. The lowest BCUT2D eigenvalue weighted by molar-refractivity contribution is -0.124. The van der Waals surface area contributed by atoms with Crippen molar-refractivity contribution in [3.05, 3.63) is 35.4 Å². The predicted molar refractivity (Wildman–Crippen MR) is 97.3 cm³/mol. The Kier molecular flexibility index (Phi) is 4.99. The number of carbonyl (C=O) groups is 1. The van der Waals surface area contributed by atoms with Crippen LogP contribution in [-0.4, -0.2) is 40.1 Å². The van der Waals surface area contributed by atoms with Gasteiger partial charge in [0.1, 0.15) is 18.6 Å². The van der Waals surface area contributed by atoms with Gasteiger partial charge in [0, 0.05) is 16.8 Å². The molecule has 6 nitrogen and oxygen atoms in total. The highest BCUT2D eigenvalue weighted by Crippen LogP contribution is 2.27. The summed E-state index contributed by atoms with van der Waals surface area (Å²) in [6.45, 7) is 9.52. The first kappa shape index (κ1) is 18.0. The van der Waals surface area contributed by atoms with Crippen molar-refractivity contribution in [3.8, 4) is 0 Å². The molecule has 1 heterocycles. The summed E-state index contributed by atoms with van der Waals surface area (Å²) in [4.78, 5) is 18.2. The van der Waals surface area contributed by atoms with Gasteiger partial charge in [-0.2, -0.15) is 0 Å². The molecule has 0 aromatic heterocycles.